The van der Waals surface area contributed by atoms with Gasteiger partial charge in [0.25, 0.3) is 0 Å². The van der Waals surface area contributed by atoms with Gasteiger partial charge in [-0.25, -0.2) is 0 Å². The molecule has 0 radical (unpaired) electrons. The maximum Gasteiger partial charge on any atom is 0.319 e. The number of nitrogens with one attached hydrogen (secondary N) is 1. The van der Waals surface area contributed by atoms with Crippen LogP contribution in [0.2, 0.25) is 0 Å². The van der Waals surface area contributed by atoms with Crippen molar-refractivity contribution in [1.29, 1.82) is 0 Å². The summed E-state index contributed by atoms with van der Waals surface area (Å²) >= 11 is 1.17. The molecule has 1 amide bonds. The third kappa shape index (κ3) is 5.96. The molecule has 0 rings (SSSR count). The third-order valence-electron chi connectivity index (χ3n) is 2.47. The van der Waals surface area contributed by atoms with E-state index in [0.717, 1.165) is 12.8 Å². The quantitative estimate of drug-likeness (QED) is 0.738. The molecule has 0 heterocycles. The first-order valence-corrected chi connectivity index (χ1v) is 6.80. The van der Waals surface area contributed by atoms with Crippen molar-refractivity contribution in [2.75, 3.05) is 0 Å². The van der Waals surface area contributed by atoms with Crippen LogP contribution in [-0.2, 0) is 9.59 Å². The zero-order valence-electron chi connectivity index (χ0n) is 11.2. The molecule has 5 heteroatoms. The Labute approximate surface area is 108 Å². The largest absolute Gasteiger partial charge is 0.480 e. The van der Waals surface area contributed by atoms with Crippen molar-refractivity contribution >= 4 is 23.6 Å². The van der Waals surface area contributed by atoms with Crippen molar-refractivity contribution in [2.45, 2.75) is 63.5 Å². The highest BCUT2D eigenvalue weighted by Crippen LogP contribution is 2.29. The van der Waals surface area contributed by atoms with E-state index >= 15 is 0 Å². The molecular formula is C12H23NO3S. The fourth-order valence-corrected chi connectivity index (χ4v) is 2.57. The molecule has 0 saturated carbocycles. The van der Waals surface area contributed by atoms with Gasteiger partial charge in [0.05, 0.1) is 5.25 Å². The number of thioether (sulfide) groups is 1. The Hall–Kier alpha value is -0.710. The predicted molar refractivity (Wildman–Crippen MR) is 71.3 cm³/mol. The van der Waals surface area contributed by atoms with Gasteiger partial charge in [-0.1, -0.05) is 13.3 Å². The summed E-state index contributed by atoms with van der Waals surface area (Å²) in [5, 5.41) is 11.5. The monoisotopic (exact) mass is 261 g/mol. The molecular weight excluding hydrogens is 238 g/mol. The van der Waals surface area contributed by atoms with Crippen LogP contribution in [0.1, 0.15) is 47.5 Å². The van der Waals surface area contributed by atoms with Crippen LogP contribution in [-0.4, -0.2) is 33.0 Å². The maximum absolute atomic E-state index is 11.8. The van der Waals surface area contributed by atoms with Gasteiger partial charge in [0.1, 0.15) is 4.75 Å². The van der Waals surface area contributed by atoms with E-state index < -0.39 is 10.7 Å². The van der Waals surface area contributed by atoms with Crippen LogP contribution in [0.4, 0.5) is 0 Å². The van der Waals surface area contributed by atoms with E-state index in [2.05, 4.69) is 12.2 Å². The van der Waals surface area contributed by atoms with E-state index in [1.54, 1.807) is 20.8 Å². The second kappa shape index (κ2) is 6.89. The summed E-state index contributed by atoms with van der Waals surface area (Å²) in [6.45, 7) is 8.98. The smallest absolute Gasteiger partial charge is 0.319 e. The standard InChI is InChI=1S/C12H23NO3S/c1-6-7-8(2)13-10(14)9(3)17-12(4,5)11(15)16/h8-9H,6-7H2,1-5H3,(H,13,14)(H,15,16). The fourth-order valence-electron chi connectivity index (χ4n) is 1.41. The van der Waals surface area contributed by atoms with Crippen molar-refractivity contribution in [3.05, 3.63) is 0 Å². The van der Waals surface area contributed by atoms with Gasteiger partial charge in [0.15, 0.2) is 0 Å². The molecule has 100 valence electrons. The molecule has 17 heavy (non-hydrogen) atoms. The number of carboxylic acid groups (broad SMARTS) is 1. The number of hydrogen-bond donors (Lipinski definition) is 2. The molecule has 0 fully saturated rings. The summed E-state index contributed by atoms with van der Waals surface area (Å²) in [5.74, 6) is -0.992. The van der Waals surface area contributed by atoms with Gasteiger partial charge in [0.2, 0.25) is 5.91 Å². The van der Waals surface area contributed by atoms with Crippen LogP contribution in [0.25, 0.3) is 0 Å². The van der Waals surface area contributed by atoms with Crippen molar-refractivity contribution in [1.82, 2.24) is 5.32 Å². The number of rotatable bonds is 7. The van der Waals surface area contributed by atoms with Crippen LogP contribution in [0.5, 0.6) is 0 Å². The molecule has 0 aromatic heterocycles. The fraction of sp³-hybridized carbons (Fsp3) is 0.833. The van der Waals surface area contributed by atoms with Gasteiger partial charge in [-0.05, 0) is 34.1 Å². The lowest BCUT2D eigenvalue weighted by molar-refractivity contribution is -0.138. The molecule has 0 aliphatic heterocycles. The first-order chi connectivity index (χ1) is 7.70. The molecule has 0 aliphatic rings. The Morgan fingerprint density at radius 1 is 1.35 bits per heavy atom. The molecule has 2 N–H and O–H groups in total. The van der Waals surface area contributed by atoms with Gasteiger partial charge in [-0.15, -0.1) is 11.8 Å². The minimum absolute atomic E-state index is 0.0923. The lowest BCUT2D eigenvalue weighted by Crippen LogP contribution is -2.40. The Bertz CT molecular complexity index is 279. The second-order valence-electron chi connectivity index (χ2n) is 4.77. The minimum Gasteiger partial charge on any atom is -0.480 e. The molecule has 0 bridgehead atoms. The van der Waals surface area contributed by atoms with Crippen LogP contribution >= 0.6 is 11.8 Å². The maximum atomic E-state index is 11.8. The molecule has 0 aliphatic carbocycles. The Morgan fingerprint density at radius 3 is 2.29 bits per heavy atom. The number of hydrogen-bond acceptors (Lipinski definition) is 3. The minimum atomic E-state index is -0.940. The van der Waals surface area contributed by atoms with E-state index in [1.807, 2.05) is 6.92 Å². The average Bonchev–Trinajstić information content (AvgIpc) is 2.16. The zero-order valence-corrected chi connectivity index (χ0v) is 12.1. The van der Waals surface area contributed by atoms with Gasteiger partial charge in [-0.2, -0.15) is 0 Å². The van der Waals surface area contributed by atoms with Crippen LogP contribution in [0, 0.1) is 0 Å². The first kappa shape index (κ1) is 16.3. The highest BCUT2D eigenvalue weighted by Gasteiger charge is 2.32. The van der Waals surface area contributed by atoms with E-state index in [-0.39, 0.29) is 17.2 Å². The second-order valence-corrected chi connectivity index (χ2v) is 6.74. The predicted octanol–water partition coefficient (Wildman–Crippen LogP) is 2.28. The van der Waals surface area contributed by atoms with Crippen molar-refractivity contribution in [3.8, 4) is 0 Å². The summed E-state index contributed by atoms with van der Waals surface area (Å²) in [7, 11) is 0. The summed E-state index contributed by atoms with van der Waals surface area (Å²) in [6, 6.07) is 0.142. The van der Waals surface area contributed by atoms with Gasteiger partial charge >= 0.3 is 5.97 Å². The number of carbonyl (C=O) groups excluding carboxylic acids is 1. The SMILES string of the molecule is CCCC(C)NC(=O)C(C)SC(C)(C)C(=O)O. The Kier molecular flexibility index (Phi) is 6.60. The molecule has 0 aromatic rings. The number of aliphatic carboxylic acids is 1. The summed E-state index contributed by atoms with van der Waals surface area (Å²) in [4.78, 5) is 22.8. The Morgan fingerprint density at radius 2 is 1.88 bits per heavy atom. The van der Waals surface area contributed by atoms with Crippen molar-refractivity contribution < 1.29 is 14.7 Å². The topological polar surface area (TPSA) is 66.4 Å². The summed E-state index contributed by atoms with van der Waals surface area (Å²) < 4.78 is -0.940. The number of amides is 1. The van der Waals surface area contributed by atoms with Crippen molar-refractivity contribution in [3.63, 3.8) is 0 Å². The van der Waals surface area contributed by atoms with Crippen molar-refractivity contribution in [2.24, 2.45) is 0 Å². The van der Waals surface area contributed by atoms with Gasteiger partial charge < -0.3 is 10.4 Å². The highest BCUT2D eigenvalue weighted by atomic mass is 32.2. The molecule has 0 saturated heterocycles. The lowest BCUT2D eigenvalue weighted by atomic mass is 10.2. The van der Waals surface area contributed by atoms with E-state index in [1.165, 1.54) is 11.8 Å². The first-order valence-electron chi connectivity index (χ1n) is 5.92. The number of carboxylic acids is 1. The van der Waals surface area contributed by atoms with E-state index in [9.17, 15) is 9.59 Å². The Balaban J connectivity index is 4.28. The normalized spacial score (nSPS) is 15.1. The van der Waals surface area contributed by atoms with Crippen LogP contribution in [0.15, 0.2) is 0 Å². The molecule has 4 nitrogen and oxygen atoms in total. The highest BCUT2D eigenvalue weighted by molar-refractivity contribution is 8.02. The van der Waals surface area contributed by atoms with Gasteiger partial charge in [0, 0.05) is 6.04 Å². The van der Waals surface area contributed by atoms with Crippen LogP contribution in [0.3, 0.4) is 0 Å². The van der Waals surface area contributed by atoms with E-state index in [4.69, 9.17) is 5.11 Å². The van der Waals surface area contributed by atoms with Crippen LogP contribution < -0.4 is 5.32 Å². The average molecular weight is 261 g/mol. The molecule has 0 spiro atoms. The third-order valence-corrected chi connectivity index (χ3v) is 3.80. The zero-order chi connectivity index (χ0) is 13.6. The van der Waals surface area contributed by atoms with Gasteiger partial charge in [-0.3, -0.25) is 9.59 Å². The molecule has 2 atom stereocenters. The molecule has 0 aromatic carbocycles. The number of carbonyl (C=O) groups is 2. The summed E-state index contributed by atoms with van der Waals surface area (Å²) in [5.41, 5.74) is 0. The summed E-state index contributed by atoms with van der Waals surface area (Å²) in [6.07, 6.45) is 1.95. The van der Waals surface area contributed by atoms with E-state index in [0.29, 0.717) is 0 Å². The molecule has 2 unspecified atom stereocenters. The lowest BCUT2D eigenvalue weighted by Gasteiger charge is -2.24.